The van der Waals surface area contributed by atoms with E-state index in [1.165, 1.54) is 18.9 Å². The van der Waals surface area contributed by atoms with E-state index in [1.807, 2.05) is 62.4 Å². The van der Waals surface area contributed by atoms with Gasteiger partial charge in [-0.05, 0) is 43.2 Å². The van der Waals surface area contributed by atoms with Crippen LogP contribution < -0.4 is 10.1 Å². The smallest absolute Gasteiger partial charge is 0.338 e. The highest BCUT2D eigenvalue weighted by atomic mass is 35.5. The molecule has 3 aromatic rings. The van der Waals surface area contributed by atoms with Gasteiger partial charge in [-0.15, -0.1) is 5.10 Å². The lowest BCUT2D eigenvalue weighted by Crippen LogP contribution is -2.29. The third-order valence-electron chi connectivity index (χ3n) is 5.04. The molecule has 0 radical (unpaired) electrons. The summed E-state index contributed by atoms with van der Waals surface area (Å²) < 4.78 is 12.5. The van der Waals surface area contributed by atoms with Gasteiger partial charge < -0.3 is 14.8 Å². The third-order valence-corrected chi connectivity index (χ3v) is 6.29. The van der Waals surface area contributed by atoms with Crippen molar-refractivity contribution in [2.24, 2.45) is 0 Å². The van der Waals surface area contributed by atoms with Crippen LogP contribution in [0.5, 0.6) is 5.75 Å². The van der Waals surface area contributed by atoms with Crippen molar-refractivity contribution in [2.45, 2.75) is 30.8 Å². The summed E-state index contributed by atoms with van der Waals surface area (Å²) in [4.78, 5) is 17.3. The van der Waals surface area contributed by atoms with Crippen molar-refractivity contribution in [3.8, 4) is 5.75 Å². The number of allylic oxidation sites excluding steroid dienone is 1. The maximum absolute atomic E-state index is 12.7. The molecule has 4 rings (SSSR count). The number of thioether (sulfide) groups is 1. The predicted octanol–water partition coefficient (Wildman–Crippen LogP) is 5.08. The summed E-state index contributed by atoms with van der Waals surface area (Å²) in [6, 6.07) is 14.8. The number of rotatable bonds is 7. The van der Waals surface area contributed by atoms with Gasteiger partial charge in [-0.25, -0.2) is 9.48 Å². The van der Waals surface area contributed by atoms with Crippen LogP contribution in [0.15, 0.2) is 65.0 Å². The molecular formula is C23H23ClN4O3S. The van der Waals surface area contributed by atoms with E-state index < -0.39 is 12.0 Å². The Morgan fingerprint density at radius 3 is 2.81 bits per heavy atom. The van der Waals surface area contributed by atoms with Gasteiger partial charge in [0, 0.05) is 16.5 Å². The fourth-order valence-electron chi connectivity index (χ4n) is 3.57. The van der Waals surface area contributed by atoms with Gasteiger partial charge in [-0.2, -0.15) is 4.98 Å². The van der Waals surface area contributed by atoms with Crippen LogP contribution in [0.1, 0.15) is 31.0 Å². The normalized spacial score (nSPS) is 15.2. The Morgan fingerprint density at radius 2 is 2.06 bits per heavy atom. The van der Waals surface area contributed by atoms with Gasteiger partial charge in [-0.1, -0.05) is 53.7 Å². The predicted molar refractivity (Wildman–Crippen MR) is 125 cm³/mol. The van der Waals surface area contributed by atoms with Crippen LogP contribution in [-0.4, -0.2) is 34.5 Å². The first-order valence-electron chi connectivity index (χ1n) is 10.1. The summed E-state index contributed by atoms with van der Waals surface area (Å²) in [5.74, 6) is 1.49. The molecule has 0 aliphatic carbocycles. The standard InChI is InChI=1S/C23H23ClN4O3S/c1-4-31-17-10-7-9-15(12-17)20-19(21(29)30-3)14(2)25-22-26-23(27-28(20)22)32-13-16-8-5-6-11-18(16)24/h5-12,20H,4,13H2,1-3H3,(H,25,26,27). The molecule has 166 valence electrons. The van der Waals surface area contributed by atoms with Crippen LogP contribution in [0.3, 0.4) is 0 Å². The highest BCUT2D eigenvalue weighted by molar-refractivity contribution is 7.98. The van der Waals surface area contributed by atoms with Gasteiger partial charge in [0.15, 0.2) is 0 Å². The van der Waals surface area contributed by atoms with Gasteiger partial charge in [0.25, 0.3) is 0 Å². The number of carbonyl (C=O) groups is 1. The first-order chi connectivity index (χ1) is 15.5. The van der Waals surface area contributed by atoms with Crippen molar-refractivity contribution in [1.29, 1.82) is 0 Å². The number of aromatic nitrogens is 3. The van der Waals surface area contributed by atoms with Gasteiger partial charge in [0.05, 0.1) is 19.3 Å². The summed E-state index contributed by atoms with van der Waals surface area (Å²) >= 11 is 7.76. The Morgan fingerprint density at radius 1 is 1.25 bits per heavy atom. The average molecular weight is 471 g/mol. The fraction of sp³-hybridized carbons (Fsp3) is 0.261. The molecule has 2 heterocycles. The van der Waals surface area contributed by atoms with Crippen LogP contribution >= 0.6 is 23.4 Å². The zero-order valence-corrected chi connectivity index (χ0v) is 19.5. The number of nitrogens with one attached hydrogen (secondary N) is 1. The molecule has 1 atom stereocenters. The molecule has 32 heavy (non-hydrogen) atoms. The topological polar surface area (TPSA) is 78.3 Å². The van der Waals surface area contributed by atoms with Gasteiger partial charge >= 0.3 is 5.97 Å². The second kappa shape index (κ2) is 9.67. The molecule has 0 amide bonds. The number of anilines is 1. The number of hydrogen-bond acceptors (Lipinski definition) is 7. The van der Waals surface area contributed by atoms with E-state index in [9.17, 15) is 4.79 Å². The van der Waals surface area contributed by atoms with Crippen LogP contribution in [-0.2, 0) is 15.3 Å². The lowest BCUT2D eigenvalue weighted by Gasteiger charge is -2.28. The van der Waals surface area contributed by atoms with E-state index >= 15 is 0 Å². The first-order valence-corrected chi connectivity index (χ1v) is 11.5. The Bertz CT molecular complexity index is 1180. The third kappa shape index (κ3) is 4.47. The van der Waals surface area contributed by atoms with Gasteiger partial charge in [-0.3, -0.25) is 0 Å². The van der Waals surface area contributed by atoms with Crippen molar-refractivity contribution in [3.05, 3.63) is 76.0 Å². The second-order valence-electron chi connectivity index (χ2n) is 7.11. The summed E-state index contributed by atoms with van der Waals surface area (Å²) in [7, 11) is 1.37. The summed E-state index contributed by atoms with van der Waals surface area (Å²) in [5, 5.41) is 9.19. The largest absolute Gasteiger partial charge is 0.494 e. The van der Waals surface area contributed by atoms with E-state index in [1.54, 1.807) is 4.68 Å². The maximum atomic E-state index is 12.7. The van der Waals surface area contributed by atoms with Crippen molar-refractivity contribution < 1.29 is 14.3 Å². The van der Waals surface area contributed by atoms with E-state index in [-0.39, 0.29) is 0 Å². The number of halogens is 1. The van der Waals surface area contributed by atoms with Crippen LogP contribution in [0.25, 0.3) is 0 Å². The van der Waals surface area contributed by atoms with E-state index in [2.05, 4.69) is 10.3 Å². The molecule has 1 aliphatic rings. The number of carbonyl (C=O) groups excluding carboxylic acids is 1. The van der Waals surface area contributed by atoms with E-state index in [0.717, 1.165) is 16.9 Å². The maximum Gasteiger partial charge on any atom is 0.338 e. The summed E-state index contributed by atoms with van der Waals surface area (Å²) in [5.41, 5.74) is 3.00. The van der Waals surface area contributed by atoms with Crippen molar-refractivity contribution in [1.82, 2.24) is 14.8 Å². The molecule has 1 N–H and O–H groups in total. The number of nitrogens with zero attached hydrogens (tertiary/aromatic N) is 3. The van der Waals surface area contributed by atoms with Crippen molar-refractivity contribution >= 4 is 35.3 Å². The summed E-state index contributed by atoms with van der Waals surface area (Å²) in [6.45, 7) is 4.31. The first kappa shape index (κ1) is 22.2. The zero-order chi connectivity index (χ0) is 22.7. The minimum Gasteiger partial charge on any atom is -0.494 e. The minimum atomic E-state index is -0.499. The number of ether oxygens (including phenoxy) is 2. The lowest BCUT2D eigenvalue weighted by atomic mass is 9.95. The molecule has 2 aromatic carbocycles. The van der Waals surface area contributed by atoms with Crippen LogP contribution in [0, 0.1) is 0 Å². The number of esters is 1. The van der Waals surface area contributed by atoms with Crippen LogP contribution in [0.2, 0.25) is 5.02 Å². The molecular weight excluding hydrogens is 448 g/mol. The second-order valence-corrected chi connectivity index (χ2v) is 8.46. The average Bonchev–Trinajstić information content (AvgIpc) is 3.19. The number of fused-ring (bicyclic) bond motifs is 1. The molecule has 1 aromatic heterocycles. The fourth-order valence-corrected chi connectivity index (χ4v) is 4.69. The Labute approximate surface area is 195 Å². The number of methoxy groups -OCH3 is 1. The van der Waals surface area contributed by atoms with Gasteiger partial charge in [0.2, 0.25) is 11.1 Å². The van der Waals surface area contributed by atoms with E-state index in [0.29, 0.717) is 39.8 Å². The molecule has 1 unspecified atom stereocenters. The van der Waals surface area contributed by atoms with E-state index in [4.69, 9.17) is 26.2 Å². The van der Waals surface area contributed by atoms with Gasteiger partial charge in [0.1, 0.15) is 11.8 Å². The molecule has 9 heteroatoms. The van der Waals surface area contributed by atoms with Crippen molar-refractivity contribution in [3.63, 3.8) is 0 Å². The number of hydrogen-bond donors (Lipinski definition) is 1. The quantitative estimate of drug-likeness (QED) is 0.381. The highest BCUT2D eigenvalue weighted by Gasteiger charge is 2.35. The molecule has 1 aliphatic heterocycles. The lowest BCUT2D eigenvalue weighted by molar-refractivity contribution is -0.136. The summed E-state index contributed by atoms with van der Waals surface area (Å²) in [6.07, 6.45) is 0. The minimum absolute atomic E-state index is 0.423. The highest BCUT2D eigenvalue weighted by Crippen LogP contribution is 2.38. The molecule has 0 fully saturated rings. The Hall–Kier alpha value is -2.97. The van der Waals surface area contributed by atoms with Crippen molar-refractivity contribution in [2.75, 3.05) is 19.0 Å². The Kier molecular flexibility index (Phi) is 6.72. The SMILES string of the molecule is CCOc1cccc(C2C(C(=O)OC)=C(C)Nc3nc(SCc4ccccc4Cl)nn32)c1. The number of benzene rings is 2. The molecule has 0 bridgehead atoms. The monoisotopic (exact) mass is 470 g/mol. The molecule has 0 spiro atoms. The molecule has 0 saturated carbocycles. The molecule has 7 nitrogen and oxygen atoms in total. The zero-order valence-electron chi connectivity index (χ0n) is 18.0. The Balaban J connectivity index is 1.71. The molecule has 0 saturated heterocycles. The van der Waals surface area contributed by atoms with Crippen LogP contribution in [0.4, 0.5) is 5.95 Å².